The summed E-state index contributed by atoms with van der Waals surface area (Å²) in [4.78, 5) is 16.2. The molecule has 0 unspecified atom stereocenters. The van der Waals surface area contributed by atoms with Crippen LogP contribution in [-0.4, -0.2) is 43.8 Å². The Morgan fingerprint density at radius 3 is 2.72 bits per heavy atom. The number of piperidine rings is 1. The van der Waals surface area contributed by atoms with E-state index < -0.39 is 10.0 Å². The highest BCUT2D eigenvalue weighted by Crippen LogP contribution is 2.29. The van der Waals surface area contributed by atoms with Crippen molar-refractivity contribution < 1.29 is 17.9 Å². The van der Waals surface area contributed by atoms with E-state index in [1.807, 2.05) is 6.07 Å². The van der Waals surface area contributed by atoms with Gasteiger partial charge in [0.1, 0.15) is 10.6 Å². The molecule has 1 aliphatic heterocycles. The minimum atomic E-state index is -3.65. The van der Waals surface area contributed by atoms with E-state index in [1.54, 1.807) is 42.7 Å². The molecule has 3 rings (SSSR count). The molecule has 0 saturated carbocycles. The summed E-state index contributed by atoms with van der Waals surface area (Å²) in [6.07, 6.45) is 9.09. The molecule has 1 aromatic heterocycles. The minimum Gasteiger partial charge on any atom is -0.495 e. The average molecular weight is 416 g/mol. The molecular formula is C21H25N3O4S. The number of pyridine rings is 1. The number of nitrogens with one attached hydrogen (secondary N) is 1. The number of methoxy groups -OCH3 is 1. The highest BCUT2D eigenvalue weighted by molar-refractivity contribution is 7.89. The SMILES string of the molecule is COc1ccc(/C=C/C(=O)NCc2cccnc2)cc1S(=O)(=O)N1CCCCC1. The number of carbonyl (C=O) groups excluding carboxylic acids is 1. The second kappa shape index (κ2) is 9.67. The molecule has 7 nitrogen and oxygen atoms in total. The van der Waals surface area contributed by atoms with Crippen LogP contribution in [0.2, 0.25) is 0 Å². The molecule has 1 aliphatic rings. The molecule has 2 aromatic rings. The number of hydrogen-bond acceptors (Lipinski definition) is 5. The van der Waals surface area contributed by atoms with Crippen molar-refractivity contribution in [1.29, 1.82) is 0 Å². The van der Waals surface area contributed by atoms with Crippen molar-refractivity contribution in [3.8, 4) is 5.75 Å². The standard InChI is InChI=1S/C21H25N3O4S/c1-28-19-9-7-17(8-10-21(25)23-16-18-6-5-11-22-15-18)14-20(19)29(26,27)24-12-3-2-4-13-24/h5-11,14-15H,2-4,12-13,16H2,1H3,(H,23,25)/b10-8+. The number of benzene rings is 1. The van der Waals surface area contributed by atoms with E-state index in [9.17, 15) is 13.2 Å². The van der Waals surface area contributed by atoms with E-state index in [0.29, 0.717) is 30.9 Å². The number of hydrogen-bond donors (Lipinski definition) is 1. The monoisotopic (exact) mass is 415 g/mol. The van der Waals surface area contributed by atoms with Gasteiger partial charge in [-0.05, 0) is 48.2 Å². The minimum absolute atomic E-state index is 0.125. The molecule has 1 aromatic carbocycles. The summed E-state index contributed by atoms with van der Waals surface area (Å²) in [7, 11) is -2.19. The van der Waals surface area contributed by atoms with Gasteiger partial charge in [0.25, 0.3) is 0 Å². The van der Waals surface area contributed by atoms with Gasteiger partial charge in [0, 0.05) is 38.1 Å². The molecule has 154 valence electrons. The summed E-state index contributed by atoms with van der Waals surface area (Å²) in [5, 5.41) is 2.77. The molecule has 0 aliphatic carbocycles. The molecule has 0 spiro atoms. The quantitative estimate of drug-likeness (QED) is 0.702. The third-order valence-electron chi connectivity index (χ3n) is 4.74. The fourth-order valence-corrected chi connectivity index (χ4v) is 4.87. The summed E-state index contributed by atoms with van der Waals surface area (Å²) in [6.45, 7) is 1.40. The van der Waals surface area contributed by atoms with Gasteiger partial charge in [-0.1, -0.05) is 18.6 Å². The maximum absolute atomic E-state index is 13.1. The highest BCUT2D eigenvalue weighted by Gasteiger charge is 2.28. The van der Waals surface area contributed by atoms with Crippen LogP contribution in [0.15, 0.2) is 53.7 Å². The molecule has 1 amide bonds. The van der Waals surface area contributed by atoms with Gasteiger partial charge in [0.15, 0.2) is 0 Å². The predicted molar refractivity (Wildman–Crippen MR) is 111 cm³/mol. The van der Waals surface area contributed by atoms with Crippen LogP contribution in [0.3, 0.4) is 0 Å². The van der Waals surface area contributed by atoms with Crippen molar-refractivity contribution in [3.63, 3.8) is 0 Å². The fraction of sp³-hybridized carbons (Fsp3) is 0.333. The zero-order valence-electron chi connectivity index (χ0n) is 16.4. The van der Waals surface area contributed by atoms with Crippen molar-refractivity contribution in [3.05, 3.63) is 59.9 Å². The van der Waals surface area contributed by atoms with Crippen LogP contribution < -0.4 is 10.1 Å². The number of carbonyl (C=O) groups is 1. The number of amides is 1. The van der Waals surface area contributed by atoms with Gasteiger partial charge in [0.2, 0.25) is 15.9 Å². The highest BCUT2D eigenvalue weighted by atomic mass is 32.2. The predicted octanol–water partition coefficient (Wildman–Crippen LogP) is 2.59. The lowest BCUT2D eigenvalue weighted by Crippen LogP contribution is -2.35. The van der Waals surface area contributed by atoms with Crippen molar-refractivity contribution in [2.45, 2.75) is 30.7 Å². The molecule has 29 heavy (non-hydrogen) atoms. The van der Waals surface area contributed by atoms with Crippen molar-refractivity contribution in [1.82, 2.24) is 14.6 Å². The number of rotatable bonds is 7. The number of nitrogens with zero attached hydrogens (tertiary/aromatic N) is 2. The average Bonchev–Trinajstić information content (AvgIpc) is 2.77. The van der Waals surface area contributed by atoms with Crippen LogP contribution in [0.1, 0.15) is 30.4 Å². The van der Waals surface area contributed by atoms with E-state index in [-0.39, 0.29) is 10.8 Å². The topological polar surface area (TPSA) is 88.6 Å². The van der Waals surface area contributed by atoms with E-state index in [1.165, 1.54) is 17.5 Å². The summed E-state index contributed by atoms with van der Waals surface area (Å²) >= 11 is 0. The van der Waals surface area contributed by atoms with Crippen LogP contribution >= 0.6 is 0 Å². The zero-order valence-corrected chi connectivity index (χ0v) is 17.2. The first-order valence-corrected chi connectivity index (χ1v) is 11.0. The third-order valence-corrected chi connectivity index (χ3v) is 6.66. The second-order valence-corrected chi connectivity index (χ2v) is 8.69. The third kappa shape index (κ3) is 5.42. The fourth-order valence-electron chi connectivity index (χ4n) is 3.17. The van der Waals surface area contributed by atoms with Gasteiger partial charge < -0.3 is 10.1 Å². The van der Waals surface area contributed by atoms with Gasteiger partial charge >= 0.3 is 0 Å². The Morgan fingerprint density at radius 2 is 2.03 bits per heavy atom. The Labute approximate surface area is 171 Å². The normalized spacial score (nSPS) is 15.3. The zero-order chi connectivity index (χ0) is 20.7. The van der Waals surface area contributed by atoms with Crippen LogP contribution in [0, 0.1) is 0 Å². The van der Waals surface area contributed by atoms with Gasteiger partial charge in [-0.2, -0.15) is 4.31 Å². The summed E-state index contributed by atoms with van der Waals surface area (Å²) in [5.74, 6) is 0.0267. The van der Waals surface area contributed by atoms with E-state index >= 15 is 0 Å². The van der Waals surface area contributed by atoms with E-state index in [2.05, 4.69) is 10.3 Å². The molecule has 1 saturated heterocycles. The lowest BCUT2D eigenvalue weighted by Gasteiger charge is -2.26. The summed E-state index contributed by atoms with van der Waals surface area (Å²) in [6, 6.07) is 8.56. The molecule has 2 heterocycles. The first-order valence-electron chi connectivity index (χ1n) is 9.54. The number of sulfonamides is 1. The molecule has 1 fully saturated rings. The Bertz CT molecular complexity index is 969. The lowest BCUT2D eigenvalue weighted by molar-refractivity contribution is -0.116. The maximum atomic E-state index is 13.1. The Morgan fingerprint density at radius 1 is 1.24 bits per heavy atom. The molecular weight excluding hydrogens is 390 g/mol. The van der Waals surface area contributed by atoms with E-state index in [0.717, 1.165) is 24.8 Å². The van der Waals surface area contributed by atoms with Crippen LogP contribution in [-0.2, 0) is 21.4 Å². The Hall–Kier alpha value is -2.71. The van der Waals surface area contributed by atoms with E-state index in [4.69, 9.17) is 4.74 Å². The van der Waals surface area contributed by atoms with Crippen LogP contribution in [0.5, 0.6) is 5.75 Å². The Kier molecular flexibility index (Phi) is 7.00. The summed E-state index contributed by atoms with van der Waals surface area (Å²) < 4.78 is 32.9. The Balaban J connectivity index is 1.74. The smallest absolute Gasteiger partial charge is 0.246 e. The lowest BCUT2D eigenvalue weighted by atomic mass is 10.2. The molecule has 0 atom stereocenters. The van der Waals surface area contributed by atoms with Crippen molar-refractivity contribution in [2.24, 2.45) is 0 Å². The first kappa shape index (κ1) is 21.0. The van der Waals surface area contributed by atoms with Gasteiger partial charge in [0.05, 0.1) is 7.11 Å². The number of ether oxygens (including phenoxy) is 1. The maximum Gasteiger partial charge on any atom is 0.246 e. The molecule has 8 heteroatoms. The largest absolute Gasteiger partial charge is 0.495 e. The van der Waals surface area contributed by atoms with Crippen LogP contribution in [0.4, 0.5) is 0 Å². The van der Waals surface area contributed by atoms with Gasteiger partial charge in [-0.25, -0.2) is 8.42 Å². The van der Waals surface area contributed by atoms with Gasteiger partial charge in [-0.15, -0.1) is 0 Å². The summed E-state index contributed by atoms with van der Waals surface area (Å²) in [5.41, 5.74) is 1.51. The first-order chi connectivity index (χ1) is 14.0. The van der Waals surface area contributed by atoms with Crippen molar-refractivity contribution in [2.75, 3.05) is 20.2 Å². The molecule has 0 radical (unpaired) electrons. The molecule has 0 bridgehead atoms. The molecule has 1 N–H and O–H groups in total. The number of aromatic nitrogens is 1. The second-order valence-electron chi connectivity index (χ2n) is 6.79. The van der Waals surface area contributed by atoms with Gasteiger partial charge in [-0.3, -0.25) is 9.78 Å². The van der Waals surface area contributed by atoms with Crippen LogP contribution in [0.25, 0.3) is 6.08 Å². The van der Waals surface area contributed by atoms with Crippen molar-refractivity contribution >= 4 is 22.0 Å².